The van der Waals surface area contributed by atoms with Gasteiger partial charge in [-0.2, -0.15) is 0 Å². The second-order valence-electron chi connectivity index (χ2n) is 7.12. The predicted molar refractivity (Wildman–Crippen MR) is 99.6 cm³/mol. The van der Waals surface area contributed by atoms with Gasteiger partial charge in [0.1, 0.15) is 0 Å². The van der Waals surface area contributed by atoms with Gasteiger partial charge in [0.25, 0.3) is 0 Å². The Kier molecular flexibility index (Phi) is 9.25. The van der Waals surface area contributed by atoms with Crippen LogP contribution in [0.5, 0.6) is 0 Å². The third-order valence-electron chi connectivity index (χ3n) is 5.11. The van der Waals surface area contributed by atoms with E-state index in [1.54, 1.807) is 0 Å². The molecule has 1 rings (SSSR count). The average molecular weight is 348 g/mol. The normalized spacial score (nSPS) is 14.6. The Morgan fingerprint density at radius 3 is 2.28 bits per heavy atom. The van der Waals surface area contributed by atoms with Crippen molar-refractivity contribution in [1.82, 2.24) is 0 Å². The van der Waals surface area contributed by atoms with E-state index in [4.69, 9.17) is 5.11 Å². The molecule has 0 aliphatic carbocycles. The molecule has 0 fully saturated rings. The van der Waals surface area contributed by atoms with Gasteiger partial charge in [-0.15, -0.1) is 0 Å². The van der Waals surface area contributed by atoms with Crippen LogP contribution in [0.15, 0.2) is 30.3 Å². The minimum absolute atomic E-state index is 0.0234. The molecule has 2 N–H and O–H groups in total. The maximum absolute atomic E-state index is 12.3. The second kappa shape index (κ2) is 10.9. The van der Waals surface area contributed by atoms with Crippen LogP contribution in [-0.2, 0) is 16.0 Å². The van der Waals surface area contributed by atoms with Crippen molar-refractivity contribution in [2.45, 2.75) is 71.6 Å². The summed E-state index contributed by atoms with van der Waals surface area (Å²) in [4.78, 5) is 23.2. The van der Waals surface area contributed by atoms with Gasteiger partial charge in [-0.25, -0.2) is 0 Å². The SMILES string of the molecule is CCCCC(CC)CC(CCCC(=O)O)(Cc1ccccc1)C(=O)O. The van der Waals surface area contributed by atoms with Crippen molar-refractivity contribution in [3.8, 4) is 0 Å². The number of aliphatic carboxylic acids is 2. The van der Waals surface area contributed by atoms with Crippen LogP contribution >= 0.6 is 0 Å². The number of benzene rings is 1. The molecule has 0 aromatic heterocycles. The highest BCUT2D eigenvalue weighted by molar-refractivity contribution is 5.75. The summed E-state index contributed by atoms with van der Waals surface area (Å²) in [5, 5.41) is 19.0. The molecule has 25 heavy (non-hydrogen) atoms. The lowest BCUT2D eigenvalue weighted by Crippen LogP contribution is -2.36. The van der Waals surface area contributed by atoms with Crippen LogP contribution in [0.4, 0.5) is 0 Å². The molecule has 140 valence electrons. The van der Waals surface area contributed by atoms with Crippen molar-refractivity contribution in [3.05, 3.63) is 35.9 Å². The molecule has 1 aromatic rings. The highest BCUT2D eigenvalue weighted by Crippen LogP contribution is 2.39. The van der Waals surface area contributed by atoms with Gasteiger partial charge in [0, 0.05) is 6.42 Å². The zero-order valence-electron chi connectivity index (χ0n) is 15.5. The fourth-order valence-corrected chi connectivity index (χ4v) is 3.59. The number of carboxylic acid groups (broad SMARTS) is 2. The zero-order valence-corrected chi connectivity index (χ0v) is 15.5. The van der Waals surface area contributed by atoms with E-state index < -0.39 is 17.4 Å². The highest BCUT2D eigenvalue weighted by Gasteiger charge is 2.39. The summed E-state index contributed by atoms with van der Waals surface area (Å²) in [6.45, 7) is 4.26. The average Bonchev–Trinajstić information content (AvgIpc) is 2.58. The molecule has 0 aliphatic heterocycles. The zero-order chi connectivity index (χ0) is 18.7. The van der Waals surface area contributed by atoms with Crippen molar-refractivity contribution in [2.75, 3.05) is 0 Å². The Balaban J connectivity index is 3.01. The summed E-state index contributed by atoms with van der Waals surface area (Å²) < 4.78 is 0. The van der Waals surface area contributed by atoms with Crippen molar-refractivity contribution in [2.24, 2.45) is 11.3 Å². The Morgan fingerprint density at radius 2 is 1.76 bits per heavy atom. The van der Waals surface area contributed by atoms with E-state index in [-0.39, 0.29) is 6.42 Å². The molecule has 0 radical (unpaired) electrons. The van der Waals surface area contributed by atoms with Gasteiger partial charge < -0.3 is 10.2 Å². The van der Waals surface area contributed by atoms with Crippen LogP contribution in [0.3, 0.4) is 0 Å². The first-order valence-electron chi connectivity index (χ1n) is 9.42. The van der Waals surface area contributed by atoms with Crippen LogP contribution in [-0.4, -0.2) is 22.2 Å². The van der Waals surface area contributed by atoms with E-state index in [0.29, 0.717) is 31.6 Å². The molecule has 4 nitrogen and oxygen atoms in total. The van der Waals surface area contributed by atoms with Crippen LogP contribution in [0.2, 0.25) is 0 Å². The van der Waals surface area contributed by atoms with Crippen molar-refractivity contribution >= 4 is 11.9 Å². The molecule has 2 unspecified atom stereocenters. The standard InChI is InChI=1S/C21H32O4/c1-3-5-10-17(4-2)15-21(20(24)25,14-9-13-19(22)23)16-18-11-7-6-8-12-18/h6-8,11-12,17H,3-5,9-10,13-16H2,1-2H3,(H,22,23)(H,24,25). The minimum Gasteiger partial charge on any atom is -0.481 e. The van der Waals surface area contributed by atoms with Gasteiger partial charge in [0.15, 0.2) is 0 Å². The monoisotopic (exact) mass is 348 g/mol. The number of hydrogen-bond acceptors (Lipinski definition) is 2. The maximum Gasteiger partial charge on any atom is 0.309 e. The first-order chi connectivity index (χ1) is 11.9. The topological polar surface area (TPSA) is 74.6 Å². The van der Waals surface area contributed by atoms with Gasteiger partial charge >= 0.3 is 11.9 Å². The van der Waals surface area contributed by atoms with Gasteiger partial charge in [-0.05, 0) is 37.2 Å². The number of unbranched alkanes of at least 4 members (excludes halogenated alkanes) is 1. The highest BCUT2D eigenvalue weighted by atomic mass is 16.4. The largest absolute Gasteiger partial charge is 0.481 e. The van der Waals surface area contributed by atoms with Crippen molar-refractivity contribution in [1.29, 1.82) is 0 Å². The predicted octanol–water partition coefficient (Wildman–Crippen LogP) is 5.16. The molecular weight excluding hydrogens is 316 g/mol. The molecule has 0 spiro atoms. The Morgan fingerprint density at radius 1 is 1.08 bits per heavy atom. The van der Waals surface area contributed by atoms with Crippen molar-refractivity contribution in [3.63, 3.8) is 0 Å². The molecule has 0 bridgehead atoms. The van der Waals surface area contributed by atoms with Crippen LogP contribution < -0.4 is 0 Å². The smallest absolute Gasteiger partial charge is 0.309 e. The summed E-state index contributed by atoms with van der Waals surface area (Å²) in [7, 11) is 0. The maximum atomic E-state index is 12.3. The third kappa shape index (κ3) is 7.29. The number of rotatable bonds is 13. The summed E-state index contributed by atoms with van der Waals surface area (Å²) in [5.41, 5.74) is 0.121. The molecule has 4 heteroatoms. The minimum atomic E-state index is -0.884. The van der Waals surface area contributed by atoms with Gasteiger partial charge in [-0.1, -0.05) is 69.9 Å². The van der Waals surface area contributed by atoms with E-state index in [2.05, 4.69) is 13.8 Å². The summed E-state index contributed by atoms with van der Waals surface area (Å²) >= 11 is 0. The van der Waals surface area contributed by atoms with E-state index >= 15 is 0 Å². The van der Waals surface area contributed by atoms with E-state index in [1.807, 2.05) is 30.3 Å². The van der Waals surface area contributed by atoms with Crippen LogP contribution in [0.25, 0.3) is 0 Å². The van der Waals surface area contributed by atoms with Gasteiger partial charge in [0.2, 0.25) is 0 Å². The van der Waals surface area contributed by atoms with Gasteiger partial charge in [-0.3, -0.25) is 9.59 Å². The van der Waals surface area contributed by atoms with E-state index in [0.717, 1.165) is 31.2 Å². The lowest BCUT2D eigenvalue weighted by Gasteiger charge is -2.33. The van der Waals surface area contributed by atoms with Crippen LogP contribution in [0.1, 0.15) is 70.8 Å². The Labute approximate surface area is 151 Å². The van der Waals surface area contributed by atoms with E-state index in [1.165, 1.54) is 0 Å². The molecule has 0 heterocycles. The Bertz CT molecular complexity index is 526. The van der Waals surface area contributed by atoms with Crippen molar-refractivity contribution < 1.29 is 19.8 Å². The molecule has 0 saturated heterocycles. The van der Waals surface area contributed by atoms with E-state index in [9.17, 15) is 14.7 Å². The summed E-state index contributed by atoms with van der Waals surface area (Å²) in [6.07, 6.45) is 6.13. The molecule has 2 atom stereocenters. The fraction of sp³-hybridized carbons (Fsp3) is 0.619. The molecule has 1 aromatic carbocycles. The lowest BCUT2D eigenvalue weighted by molar-refractivity contribution is -0.151. The number of hydrogen-bond donors (Lipinski definition) is 2. The molecule has 0 aliphatic rings. The molecular formula is C21H32O4. The quantitative estimate of drug-likeness (QED) is 0.516. The van der Waals surface area contributed by atoms with Crippen LogP contribution in [0, 0.1) is 11.3 Å². The fourth-order valence-electron chi connectivity index (χ4n) is 3.59. The number of carboxylic acids is 2. The first kappa shape index (κ1) is 21.2. The summed E-state index contributed by atoms with van der Waals surface area (Å²) in [6, 6.07) is 9.69. The van der Waals surface area contributed by atoms with Gasteiger partial charge in [0.05, 0.1) is 5.41 Å². The Hall–Kier alpha value is -1.84. The second-order valence-corrected chi connectivity index (χ2v) is 7.12. The first-order valence-corrected chi connectivity index (χ1v) is 9.42. The number of carbonyl (C=O) groups is 2. The molecule has 0 saturated carbocycles. The third-order valence-corrected chi connectivity index (χ3v) is 5.11. The molecule has 0 amide bonds. The lowest BCUT2D eigenvalue weighted by atomic mass is 9.70. The summed E-state index contributed by atoms with van der Waals surface area (Å²) in [5.74, 6) is -1.29.